The highest BCUT2D eigenvalue weighted by atomic mass is 19.1. The average molecular weight is 390 g/mol. The minimum absolute atomic E-state index is 0.0270. The van der Waals surface area contributed by atoms with Gasteiger partial charge in [0.1, 0.15) is 5.82 Å². The van der Waals surface area contributed by atoms with Gasteiger partial charge in [-0.25, -0.2) is 9.87 Å². The van der Waals surface area contributed by atoms with Crippen LogP contribution in [0.2, 0.25) is 0 Å². The number of nitrogens with one attached hydrogen (secondary N) is 1. The van der Waals surface area contributed by atoms with Crippen LogP contribution in [0.25, 0.3) is 5.57 Å². The van der Waals surface area contributed by atoms with Crippen LogP contribution in [-0.2, 0) is 9.59 Å². The fourth-order valence-corrected chi connectivity index (χ4v) is 3.59. The summed E-state index contributed by atoms with van der Waals surface area (Å²) in [6.45, 7) is 9.71. The Morgan fingerprint density at radius 2 is 2.00 bits per heavy atom. The van der Waals surface area contributed by atoms with Gasteiger partial charge in [-0.3, -0.25) is 14.8 Å². The molecule has 0 atom stereocenters. The summed E-state index contributed by atoms with van der Waals surface area (Å²) in [4.78, 5) is 25.9. The molecule has 2 N–H and O–H groups in total. The molecule has 154 valence electrons. The van der Waals surface area contributed by atoms with Gasteiger partial charge in [0.05, 0.1) is 0 Å². The molecule has 1 heterocycles. The number of Topliss-reactive ketones (excluding diaryl/α,β-unsaturated/α-hetero) is 1. The number of hydrogen-bond acceptors (Lipinski definition) is 4. The normalized spacial score (nSPS) is 16.8. The fourth-order valence-electron chi connectivity index (χ4n) is 3.59. The number of hydrogen-bond donors (Lipinski definition) is 2. The first-order valence-electron chi connectivity index (χ1n) is 9.93. The Hall–Kier alpha value is -2.21. The molecule has 0 radical (unpaired) electrons. The molecule has 0 bridgehead atoms. The minimum atomic E-state index is -0.367. The number of anilines is 1. The molecule has 2 rings (SSSR count). The average Bonchev–Trinajstić information content (AvgIpc) is 2.68. The molecule has 1 aliphatic heterocycles. The Morgan fingerprint density at radius 1 is 1.29 bits per heavy atom. The van der Waals surface area contributed by atoms with Crippen molar-refractivity contribution in [1.29, 1.82) is 0 Å². The predicted molar refractivity (Wildman–Crippen MR) is 109 cm³/mol. The second-order valence-corrected chi connectivity index (χ2v) is 8.34. The molecule has 5 nitrogen and oxygen atoms in total. The molecule has 28 heavy (non-hydrogen) atoms. The van der Waals surface area contributed by atoms with E-state index in [-0.39, 0.29) is 22.9 Å². The number of ketones is 1. The van der Waals surface area contributed by atoms with Crippen molar-refractivity contribution in [2.75, 3.05) is 18.0 Å². The van der Waals surface area contributed by atoms with Crippen molar-refractivity contribution in [2.45, 2.75) is 58.8 Å². The van der Waals surface area contributed by atoms with Crippen molar-refractivity contribution in [3.8, 4) is 0 Å². The number of fused-ring (bicyclic) bond motifs is 1. The topological polar surface area (TPSA) is 69.6 Å². The van der Waals surface area contributed by atoms with Crippen molar-refractivity contribution in [3.63, 3.8) is 0 Å². The zero-order chi connectivity index (χ0) is 20.7. The number of carbonyl (C=O) groups excluding carboxylic acids is 2. The van der Waals surface area contributed by atoms with Crippen molar-refractivity contribution in [3.05, 3.63) is 36.2 Å². The van der Waals surface area contributed by atoms with Crippen LogP contribution < -0.4 is 10.4 Å². The van der Waals surface area contributed by atoms with Crippen LogP contribution in [0.1, 0.15) is 64.4 Å². The molecule has 1 aromatic rings. The van der Waals surface area contributed by atoms with Gasteiger partial charge in [0.2, 0.25) is 5.91 Å². The maximum atomic E-state index is 13.9. The Morgan fingerprint density at radius 3 is 2.71 bits per heavy atom. The summed E-state index contributed by atoms with van der Waals surface area (Å²) in [5.41, 5.74) is 3.32. The molecule has 0 saturated heterocycles. The third-order valence-corrected chi connectivity index (χ3v) is 5.37. The van der Waals surface area contributed by atoms with Gasteiger partial charge in [-0.05, 0) is 42.9 Å². The number of nitrogens with zero attached hydrogens (tertiary/aromatic N) is 1. The summed E-state index contributed by atoms with van der Waals surface area (Å²) >= 11 is 0. The number of hydroxylamine groups is 1. The number of unbranched alkanes of at least 4 members (excludes halogenated alkanes) is 3. The van der Waals surface area contributed by atoms with Gasteiger partial charge in [-0.1, -0.05) is 33.3 Å². The van der Waals surface area contributed by atoms with Crippen LogP contribution in [0.3, 0.4) is 0 Å². The standard InChI is InChI=1S/C22H31FN2O3/c1-16-18-14-17(23)9-10-19(18)25(13-11-22(2,3)15-20(16)26)12-7-5-4-6-8-21(27)24-28/h9-10,14,28H,1,4-8,11-13,15H2,2-3H3,(H,24,27). The molecule has 6 heteroatoms. The van der Waals surface area contributed by atoms with Crippen LogP contribution in [0, 0.1) is 11.2 Å². The van der Waals surface area contributed by atoms with Crippen molar-refractivity contribution < 1.29 is 19.2 Å². The second-order valence-electron chi connectivity index (χ2n) is 8.34. The van der Waals surface area contributed by atoms with Gasteiger partial charge >= 0.3 is 0 Å². The summed E-state index contributed by atoms with van der Waals surface area (Å²) in [7, 11) is 0. The van der Waals surface area contributed by atoms with Gasteiger partial charge in [0.25, 0.3) is 0 Å². The molecular weight excluding hydrogens is 359 g/mol. The zero-order valence-electron chi connectivity index (χ0n) is 16.9. The molecular formula is C22H31FN2O3. The number of amides is 1. The molecule has 0 spiro atoms. The van der Waals surface area contributed by atoms with Crippen LogP contribution >= 0.6 is 0 Å². The summed E-state index contributed by atoms with van der Waals surface area (Å²) in [6, 6.07) is 4.58. The first-order chi connectivity index (χ1) is 13.2. The lowest BCUT2D eigenvalue weighted by atomic mass is 9.82. The van der Waals surface area contributed by atoms with Gasteiger partial charge in [-0.15, -0.1) is 0 Å². The van der Waals surface area contributed by atoms with E-state index >= 15 is 0 Å². The van der Waals surface area contributed by atoms with E-state index in [1.54, 1.807) is 11.5 Å². The van der Waals surface area contributed by atoms with E-state index in [0.717, 1.165) is 50.9 Å². The molecule has 0 fully saturated rings. The number of carbonyl (C=O) groups is 2. The highest BCUT2D eigenvalue weighted by molar-refractivity contribution is 6.21. The number of halogens is 1. The van der Waals surface area contributed by atoms with Gasteiger partial charge in [-0.2, -0.15) is 0 Å². The van der Waals surface area contributed by atoms with E-state index in [1.807, 2.05) is 0 Å². The van der Waals surface area contributed by atoms with Crippen molar-refractivity contribution in [1.82, 2.24) is 5.48 Å². The molecule has 0 saturated carbocycles. The summed E-state index contributed by atoms with van der Waals surface area (Å²) in [6.07, 6.45) is 5.09. The lowest BCUT2D eigenvalue weighted by Crippen LogP contribution is -2.29. The van der Waals surface area contributed by atoms with Gasteiger partial charge in [0, 0.05) is 42.8 Å². The molecule has 1 aromatic carbocycles. The Labute approximate surface area is 166 Å². The van der Waals surface area contributed by atoms with E-state index in [2.05, 4.69) is 25.3 Å². The quantitative estimate of drug-likeness (QED) is 0.311. The molecule has 1 aliphatic rings. The zero-order valence-corrected chi connectivity index (χ0v) is 16.9. The Balaban J connectivity index is 2.09. The van der Waals surface area contributed by atoms with Crippen LogP contribution in [0.4, 0.5) is 10.1 Å². The highest BCUT2D eigenvalue weighted by Crippen LogP contribution is 2.36. The van der Waals surface area contributed by atoms with Crippen LogP contribution in [0.5, 0.6) is 0 Å². The number of benzene rings is 1. The van der Waals surface area contributed by atoms with Crippen molar-refractivity contribution >= 4 is 23.0 Å². The summed E-state index contributed by atoms with van der Waals surface area (Å²) < 4.78 is 13.9. The maximum absolute atomic E-state index is 13.9. The lowest BCUT2D eigenvalue weighted by Gasteiger charge is -2.30. The first-order valence-corrected chi connectivity index (χ1v) is 9.93. The van der Waals surface area contributed by atoms with E-state index in [9.17, 15) is 14.0 Å². The number of rotatable bonds is 7. The smallest absolute Gasteiger partial charge is 0.243 e. The number of allylic oxidation sites excluding steroid dienone is 1. The fraction of sp³-hybridized carbons (Fsp3) is 0.545. The van der Waals surface area contributed by atoms with Crippen LogP contribution in [-0.4, -0.2) is 30.0 Å². The van der Waals surface area contributed by atoms with Gasteiger partial charge < -0.3 is 4.90 Å². The monoisotopic (exact) mass is 390 g/mol. The molecule has 0 aromatic heterocycles. The van der Waals surface area contributed by atoms with E-state index in [1.165, 1.54) is 12.1 Å². The molecule has 0 unspecified atom stereocenters. The predicted octanol–water partition coefficient (Wildman–Crippen LogP) is 4.49. The summed E-state index contributed by atoms with van der Waals surface area (Å²) in [5.74, 6) is -0.754. The van der Waals surface area contributed by atoms with Crippen LogP contribution in [0.15, 0.2) is 24.8 Å². The Kier molecular flexibility index (Phi) is 7.75. The second kappa shape index (κ2) is 9.82. The van der Waals surface area contributed by atoms with E-state index in [0.29, 0.717) is 24.0 Å². The van der Waals surface area contributed by atoms with E-state index < -0.39 is 0 Å². The van der Waals surface area contributed by atoms with E-state index in [4.69, 9.17) is 5.21 Å². The largest absolute Gasteiger partial charge is 0.371 e. The summed E-state index contributed by atoms with van der Waals surface area (Å²) in [5, 5.41) is 8.51. The SMILES string of the molecule is C=C1C(=O)CC(C)(C)CCN(CCCCCCC(=O)NO)c2ccc(F)cc21. The Bertz CT molecular complexity index is 730. The third kappa shape index (κ3) is 6.16. The lowest BCUT2D eigenvalue weighted by molar-refractivity contribution is -0.129. The minimum Gasteiger partial charge on any atom is -0.371 e. The van der Waals surface area contributed by atoms with Gasteiger partial charge in [0.15, 0.2) is 5.78 Å². The highest BCUT2D eigenvalue weighted by Gasteiger charge is 2.28. The van der Waals surface area contributed by atoms with Crippen molar-refractivity contribution in [2.24, 2.45) is 5.41 Å². The molecule has 0 aliphatic carbocycles. The third-order valence-electron chi connectivity index (χ3n) is 5.37. The first kappa shape index (κ1) is 22.1. The maximum Gasteiger partial charge on any atom is 0.243 e. The molecule has 1 amide bonds.